The molecule has 0 aromatic heterocycles. The van der Waals surface area contributed by atoms with Gasteiger partial charge in [0.1, 0.15) is 24.4 Å². The minimum Gasteiger partial charge on any atom is -0.504 e. The summed E-state index contributed by atoms with van der Waals surface area (Å²) in [6.07, 6.45) is -0.0800. The zero-order valence-corrected chi connectivity index (χ0v) is 25.0. The number of fused-ring (bicyclic) bond motifs is 4. The van der Waals surface area contributed by atoms with Crippen molar-refractivity contribution in [3.05, 3.63) is 34.3 Å². The van der Waals surface area contributed by atoms with Gasteiger partial charge in [-0.3, -0.25) is 14.4 Å². The Labute approximate surface area is 240 Å². The van der Waals surface area contributed by atoms with Crippen LogP contribution < -0.4 is 0 Å². The fourth-order valence-corrected chi connectivity index (χ4v) is 7.12. The van der Waals surface area contributed by atoms with E-state index >= 15 is 0 Å². The minimum absolute atomic E-state index is 0.0230. The number of carbonyl (C=O) groups excluding carboxylic acids is 4. The zero-order chi connectivity index (χ0) is 30.7. The molecule has 0 aromatic rings. The summed E-state index contributed by atoms with van der Waals surface area (Å²) in [7, 11) is 3.00. The molecule has 3 aliphatic carbocycles. The number of esters is 3. The van der Waals surface area contributed by atoms with E-state index in [9.17, 15) is 29.4 Å². The topological polar surface area (TPSA) is 149 Å². The van der Waals surface area contributed by atoms with Gasteiger partial charge in [0.05, 0.1) is 23.7 Å². The Kier molecular flexibility index (Phi) is 7.94. The Morgan fingerprint density at radius 1 is 1.20 bits per heavy atom. The fourth-order valence-electron chi connectivity index (χ4n) is 7.12. The van der Waals surface area contributed by atoms with Crippen LogP contribution in [-0.2, 0) is 38.1 Å². The zero-order valence-electron chi connectivity index (χ0n) is 25.0. The first-order chi connectivity index (χ1) is 19.0. The Balaban J connectivity index is 1.90. The summed E-state index contributed by atoms with van der Waals surface area (Å²) in [6, 6.07) is 0. The number of carbonyl (C=O) groups is 4. The number of nitrogens with zero attached hydrogens (tertiary/aromatic N) is 1. The van der Waals surface area contributed by atoms with Crippen LogP contribution in [0.5, 0.6) is 0 Å². The highest BCUT2D eigenvalue weighted by Gasteiger charge is 2.64. The van der Waals surface area contributed by atoms with Crippen LogP contribution in [0.1, 0.15) is 60.8 Å². The van der Waals surface area contributed by atoms with Crippen LogP contribution in [0.2, 0.25) is 0 Å². The number of hydrogen-bond donors (Lipinski definition) is 2. The molecule has 0 bridgehead atoms. The van der Waals surface area contributed by atoms with E-state index in [1.807, 2.05) is 6.92 Å². The maximum atomic E-state index is 14.0. The van der Waals surface area contributed by atoms with E-state index in [-0.39, 0.29) is 36.3 Å². The van der Waals surface area contributed by atoms with E-state index in [1.165, 1.54) is 25.1 Å². The van der Waals surface area contributed by atoms with Gasteiger partial charge >= 0.3 is 17.9 Å². The first-order valence-corrected chi connectivity index (χ1v) is 13.9. The van der Waals surface area contributed by atoms with Gasteiger partial charge in [-0.1, -0.05) is 6.92 Å². The van der Waals surface area contributed by atoms with E-state index < -0.39 is 70.1 Å². The van der Waals surface area contributed by atoms with Crippen molar-refractivity contribution in [3.8, 4) is 0 Å². The smallest absolute Gasteiger partial charge is 0.340 e. The fraction of sp³-hybridized carbons (Fsp3) is 0.667. The Hall–Kier alpha value is -3.18. The van der Waals surface area contributed by atoms with Crippen LogP contribution in [0.25, 0.3) is 0 Å². The Bertz CT molecular complexity index is 1260. The number of allylic oxidation sites excluding steroid dienone is 1. The number of hydrogen-bond acceptors (Lipinski definition) is 11. The van der Waals surface area contributed by atoms with E-state index in [4.69, 9.17) is 18.9 Å². The van der Waals surface area contributed by atoms with Gasteiger partial charge in [-0.25, -0.2) is 4.79 Å². The van der Waals surface area contributed by atoms with Crippen LogP contribution in [-0.4, -0.2) is 90.0 Å². The van der Waals surface area contributed by atoms with Gasteiger partial charge in [0.2, 0.25) is 5.78 Å². The molecule has 2 N–H and O–H groups in total. The van der Waals surface area contributed by atoms with Gasteiger partial charge < -0.3 is 34.1 Å². The second-order valence-electron chi connectivity index (χ2n) is 12.9. The first kappa shape index (κ1) is 30.8. The summed E-state index contributed by atoms with van der Waals surface area (Å²) in [5, 5.41) is 22.5. The van der Waals surface area contributed by atoms with E-state index in [0.717, 1.165) is 0 Å². The third-order valence-electron chi connectivity index (χ3n) is 8.80. The second kappa shape index (κ2) is 10.6. The molecule has 0 amide bonds. The molecule has 0 aromatic carbocycles. The summed E-state index contributed by atoms with van der Waals surface area (Å²) in [6.45, 7) is 9.81. The third kappa shape index (κ3) is 5.18. The molecule has 226 valence electrons. The summed E-state index contributed by atoms with van der Waals surface area (Å²) in [4.78, 5) is 53.6. The summed E-state index contributed by atoms with van der Waals surface area (Å²) < 4.78 is 22.5. The number of cyclic esters (lactones) is 1. The Morgan fingerprint density at radius 3 is 2.44 bits per heavy atom. The molecule has 4 rings (SSSR count). The normalized spacial score (nSPS) is 34.1. The molecule has 0 radical (unpaired) electrons. The number of likely N-dealkylation sites (N-methyl/N-ethyl adjacent to an activating group) is 1. The molecule has 11 heteroatoms. The number of aliphatic hydroxyl groups excluding tert-OH is 2. The van der Waals surface area contributed by atoms with E-state index in [0.29, 0.717) is 18.4 Å². The number of aliphatic hydroxyl groups is 2. The average molecular weight is 576 g/mol. The molecule has 1 saturated carbocycles. The van der Waals surface area contributed by atoms with Crippen LogP contribution in [0.15, 0.2) is 34.3 Å². The summed E-state index contributed by atoms with van der Waals surface area (Å²) in [5.74, 6) is -3.62. The molecule has 2 fully saturated rings. The molecule has 1 heterocycles. The molecular weight excluding hydrogens is 534 g/mol. The predicted octanol–water partition coefficient (Wildman–Crippen LogP) is 2.53. The van der Waals surface area contributed by atoms with Gasteiger partial charge in [-0.15, -0.1) is 0 Å². The van der Waals surface area contributed by atoms with Crippen molar-refractivity contribution in [2.24, 2.45) is 16.7 Å². The number of Topliss-reactive ketones (excluding diaryl/α,β-unsaturated/α-hetero) is 1. The molecule has 41 heavy (non-hydrogen) atoms. The summed E-state index contributed by atoms with van der Waals surface area (Å²) >= 11 is 0. The van der Waals surface area contributed by atoms with Crippen LogP contribution >= 0.6 is 0 Å². The van der Waals surface area contributed by atoms with Crippen LogP contribution in [0.4, 0.5) is 0 Å². The van der Waals surface area contributed by atoms with Crippen molar-refractivity contribution in [2.45, 2.75) is 84.7 Å². The monoisotopic (exact) mass is 575 g/mol. The van der Waals surface area contributed by atoms with Crippen molar-refractivity contribution < 1.29 is 48.3 Å². The van der Waals surface area contributed by atoms with Crippen molar-refractivity contribution in [1.82, 2.24) is 4.90 Å². The Morgan fingerprint density at radius 2 is 1.85 bits per heavy atom. The molecule has 1 saturated heterocycles. The molecule has 0 spiro atoms. The maximum Gasteiger partial charge on any atom is 0.340 e. The van der Waals surface area contributed by atoms with Gasteiger partial charge in [0.25, 0.3) is 0 Å². The number of methoxy groups -OCH3 is 1. The van der Waals surface area contributed by atoms with Gasteiger partial charge in [0, 0.05) is 43.8 Å². The lowest BCUT2D eigenvalue weighted by molar-refractivity contribution is -0.161. The highest BCUT2D eigenvalue weighted by molar-refractivity contribution is 6.13. The van der Waals surface area contributed by atoms with Crippen molar-refractivity contribution >= 4 is 23.7 Å². The molecular formula is C30H41NO10. The van der Waals surface area contributed by atoms with Crippen molar-refractivity contribution in [2.75, 3.05) is 27.3 Å². The molecule has 6 atom stereocenters. The first-order valence-electron chi connectivity index (χ1n) is 13.9. The number of ether oxygens (including phenoxy) is 4. The minimum atomic E-state index is -1.33. The van der Waals surface area contributed by atoms with E-state index in [1.54, 1.807) is 34.7 Å². The molecule has 6 unspecified atom stereocenters. The molecule has 11 nitrogen and oxygen atoms in total. The van der Waals surface area contributed by atoms with Gasteiger partial charge in [0.15, 0.2) is 5.76 Å². The quantitative estimate of drug-likeness (QED) is 0.273. The standard InChI is InChI=1S/C30H41NO10/c1-15(32)39-18-11-29(5)17(9-10-19(29)33)22-24(18)30(6)20(14-38-8)40-27(37)16(23(30)26(36)25(22)35)12-31(7)13-21(34)41-28(2,3)4/h12,17-20,33,36H,9-11,13-14H2,1-8H3/b16-12-. The largest absolute Gasteiger partial charge is 0.504 e. The van der Waals surface area contributed by atoms with Crippen LogP contribution in [0, 0.1) is 16.7 Å². The molecule has 4 aliphatic rings. The van der Waals surface area contributed by atoms with Crippen LogP contribution in [0.3, 0.4) is 0 Å². The number of ketones is 1. The van der Waals surface area contributed by atoms with Crippen molar-refractivity contribution in [3.63, 3.8) is 0 Å². The lowest BCUT2D eigenvalue weighted by Gasteiger charge is -2.54. The lowest BCUT2D eigenvalue weighted by Crippen LogP contribution is -2.57. The predicted molar refractivity (Wildman–Crippen MR) is 145 cm³/mol. The number of rotatable bonds is 6. The molecule has 1 aliphatic heterocycles. The highest BCUT2D eigenvalue weighted by atomic mass is 16.6. The highest BCUT2D eigenvalue weighted by Crippen LogP contribution is 2.63. The van der Waals surface area contributed by atoms with E-state index in [2.05, 4.69) is 0 Å². The average Bonchev–Trinajstić information content (AvgIpc) is 3.12. The van der Waals surface area contributed by atoms with Crippen molar-refractivity contribution in [1.29, 1.82) is 0 Å². The van der Waals surface area contributed by atoms with Gasteiger partial charge in [-0.2, -0.15) is 0 Å². The maximum absolute atomic E-state index is 14.0. The SMILES string of the molecule is COCC1OC(=O)/C(=C\N(C)CC(=O)OC(C)(C)C)C2=C(O)C(=O)C3=C(C(OC(C)=O)CC4(C)C(O)CCC34)C21C. The second-order valence-corrected chi connectivity index (χ2v) is 12.9. The third-order valence-corrected chi connectivity index (χ3v) is 8.80. The lowest BCUT2D eigenvalue weighted by atomic mass is 9.53. The van der Waals surface area contributed by atoms with Gasteiger partial charge in [-0.05, 0) is 58.4 Å². The summed E-state index contributed by atoms with van der Waals surface area (Å²) in [5.41, 5.74) is -2.17.